The van der Waals surface area contributed by atoms with Crippen molar-refractivity contribution in [1.29, 1.82) is 0 Å². The van der Waals surface area contributed by atoms with E-state index >= 15 is 0 Å². The zero-order valence-corrected chi connectivity index (χ0v) is 25.9. The van der Waals surface area contributed by atoms with Gasteiger partial charge in [-0.15, -0.1) is 0 Å². The SMILES string of the molecule is CCCC1=C(C(=O)OCC)[C@@H](c2c(OC)ccc3ccccc23)n2c(s/c(=C/c3ccc(N4CCC(C)CC4)o3)c2=O)=N1. The quantitative estimate of drug-likeness (QED) is 0.246. The number of thiazole rings is 1. The summed E-state index contributed by atoms with van der Waals surface area (Å²) in [5.74, 6) is 2.26. The second-order valence-electron chi connectivity index (χ2n) is 11.2. The van der Waals surface area contributed by atoms with Gasteiger partial charge in [-0.2, -0.15) is 0 Å². The number of anilines is 1. The summed E-state index contributed by atoms with van der Waals surface area (Å²) in [6, 6.07) is 14.9. The first kappa shape index (κ1) is 29.0. The molecule has 2 aliphatic heterocycles. The highest BCUT2D eigenvalue weighted by Gasteiger charge is 2.37. The Balaban J connectivity index is 1.55. The minimum atomic E-state index is -0.775. The lowest BCUT2D eigenvalue weighted by atomic mass is 9.90. The second-order valence-corrected chi connectivity index (χ2v) is 12.2. The third-order valence-corrected chi connectivity index (χ3v) is 9.28. The van der Waals surface area contributed by atoms with E-state index in [4.69, 9.17) is 18.9 Å². The van der Waals surface area contributed by atoms with E-state index in [0.717, 1.165) is 60.5 Å². The van der Waals surface area contributed by atoms with Crippen molar-refractivity contribution in [3.8, 4) is 5.75 Å². The highest BCUT2D eigenvalue weighted by Crippen LogP contribution is 2.41. The normalized spacial score (nSPS) is 17.7. The molecule has 1 saturated heterocycles. The maximum atomic E-state index is 14.3. The van der Waals surface area contributed by atoms with Crippen LogP contribution in [0.4, 0.5) is 5.88 Å². The van der Waals surface area contributed by atoms with E-state index < -0.39 is 12.0 Å². The maximum absolute atomic E-state index is 14.3. The molecule has 1 atom stereocenters. The van der Waals surface area contributed by atoms with Gasteiger partial charge in [0.25, 0.3) is 5.56 Å². The van der Waals surface area contributed by atoms with E-state index in [2.05, 4.69) is 11.8 Å². The van der Waals surface area contributed by atoms with Gasteiger partial charge in [0, 0.05) is 30.8 Å². The third-order valence-electron chi connectivity index (χ3n) is 8.30. The molecule has 224 valence electrons. The van der Waals surface area contributed by atoms with Gasteiger partial charge in [-0.25, -0.2) is 9.79 Å². The van der Waals surface area contributed by atoms with Crippen LogP contribution in [0.5, 0.6) is 5.75 Å². The Labute approximate surface area is 254 Å². The van der Waals surface area contributed by atoms with Gasteiger partial charge < -0.3 is 18.8 Å². The smallest absolute Gasteiger partial charge is 0.338 e. The first-order valence-corrected chi connectivity index (χ1v) is 15.9. The summed E-state index contributed by atoms with van der Waals surface area (Å²) >= 11 is 1.30. The lowest BCUT2D eigenvalue weighted by Gasteiger charge is -2.29. The van der Waals surface area contributed by atoms with Crippen molar-refractivity contribution in [3.05, 3.63) is 90.8 Å². The van der Waals surface area contributed by atoms with Crippen LogP contribution in [0.1, 0.15) is 63.8 Å². The number of benzene rings is 2. The van der Waals surface area contributed by atoms with Crippen molar-refractivity contribution < 1.29 is 18.7 Å². The van der Waals surface area contributed by atoms with Gasteiger partial charge in [0.2, 0.25) is 0 Å². The maximum Gasteiger partial charge on any atom is 0.338 e. The average Bonchev–Trinajstić information content (AvgIpc) is 3.60. The monoisotopic (exact) mass is 599 g/mol. The van der Waals surface area contributed by atoms with Crippen LogP contribution in [-0.4, -0.2) is 37.3 Å². The Bertz CT molecular complexity index is 1870. The topological polar surface area (TPSA) is 86.3 Å². The number of fused-ring (bicyclic) bond motifs is 2. The fraction of sp³-hybridized carbons (Fsp3) is 0.382. The molecule has 1 fully saturated rings. The van der Waals surface area contributed by atoms with Gasteiger partial charge in [-0.1, -0.05) is 61.9 Å². The molecule has 43 heavy (non-hydrogen) atoms. The molecule has 9 heteroatoms. The van der Waals surface area contributed by atoms with Crippen molar-refractivity contribution >= 4 is 40.0 Å². The molecular weight excluding hydrogens is 562 g/mol. The predicted octanol–water partition coefficient (Wildman–Crippen LogP) is 5.57. The summed E-state index contributed by atoms with van der Waals surface area (Å²) in [5.41, 5.74) is 1.50. The first-order valence-electron chi connectivity index (χ1n) is 15.1. The number of allylic oxidation sites excluding steroid dienone is 1. The standard InChI is InChI=1S/C34H37N3O5S/c1-5-9-25-30(33(39)41-6-2)31(29-24-11-8-7-10-22(24)12-14-26(29)40-4)37-32(38)27(43-34(37)35-25)20-23-13-15-28(42-23)36-18-16-21(3)17-19-36/h7-8,10-15,20-21,31H,5-6,9,16-19H2,1-4H3/b27-20+/t31-/m1/s1. The number of aromatic nitrogens is 1. The lowest BCUT2D eigenvalue weighted by molar-refractivity contribution is -0.139. The van der Waals surface area contributed by atoms with Crippen molar-refractivity contribution in [2.24, 2.45) is 10.9 Å². The van der Waals surface area contributed by atoms with E-state index in [1.165, 1.54) is 11.3 Å². The molecular formula is C34H37N3O5S. The number of hydrogen-bond donors (Lipinski definition) is 0. The van der Waals surface area contributed by atoms with Crippen LogP contribution in [0.3, 0.4) is 0 Å². The molecule has 4 aromatic rings. The number of esters is 1. The third kappa shape index (κ3) is 5.42. The predicted molar refractivity (Wildman–Crippen MR) is 169 cm³/mol. The minimum Gasteiger partial charge on any atom is -0.496 e. The van der Waals surface area contributed by atoms with Crippen molar-refractivity contribution in [2.75, 3.05) is 31.7 Å². The van der Waals surface area contributed by atoms with Gasteiger partial charge in [-0.05, 0) is 55.0 Å². The average molecular weight is 600 g/mol. The zero-order valence-electron chi connectivity index (χ0n) is 25.1. The molecule has 0 N–H and O–H groups in total. The van der Waals surface area contributed by atoms with Crippen LogP contribution in [0.15, 0.2) is 74.0 Å². The number of furan rings is 1. The Kier molecular flexibility index (Phi) is 8.25. The van der Waals surface area contributed by atoms with Crippen molar-refractivity contribution in [2.45, 2.75) is 52.5 Å². The molecule has 0 aliphatic carbocycles. The van der Waals surface area contributed by atoms with Gasteiger partial charge >= 0.3 is 5.97 Å². The Morgan fingerprint density at radius 2 is 1.91 bits per heavy atom. The summed E-state index contributed by atoms with van der Waals surface area (Å²) in [7, 11) is 1.61. The zero-order chi connectivity index (χ0) is 30.1. The lowest BCUT2D eigenvalue weighted by Crippen LogP contribution is -2.40. The Morgan fingerprint density at radius 3 is 2.65 bits per heavy atom. The van der Waals surface area contributed by atoms with Crippen LogP contribution in [0.2, 0.25) is 0 Å². The number of carbonyl (C=O) groups excluding carboxylic acids is 1. The first-order chi connectivity index (χ1) is 20.9. The number of carbonyl (C=O) groups is 1. The molecule has 0 amide bonds. The highest BCUT2D eigenvalue weighted by molar-refractivity contribution is 7.07. The van der Waals surface area contributed by atoms with E-state index in [1.807, 2.05) is 55.5 Å². The van der Waals surface area contributed by atoms with Gasteiger partial charge in [0.05, 0.1) is 29.5 Å². The minimum absolute atomic E-state index is 0.211. The number of methoxy groups -OCH3 is 1. The second kappa shape index (κ2) is 12.2. The molecule has 0 spiro atoms. The molecule has 6 rings (SSSR count). The molecule has 0 unspecified atom stereocenters. The van der Waals surface area contributed by atoms with Crippen molar-refractivity contribution in [3.63, 3.8) is 0 Å². The molecule has 2 aliphatic rings. The van der Waals surface area contributed by atoms with Crippen LogP contribution in [0, 0.1) is 5.92 Å². The summed E-state index contributed by atoms with van der Waals surface area (Å²) in [4.78, 5) is 35.7. The molecule has 8 nitrogen and oxygen atoms in total. The fourth-order valence-electron chi connectivity index (χ4n) is 6.08. The summed E-state index contributed by atoms with van der Waals surface area (Å²) in [6.07, 6.45) is 5.40. The summed E-state index contributed by atoms with van der Waals surface area (Å²) < 4.78 is 19.8. The van der Waals surface area contributed by atoms with Gasteiger partial charge in [-0.3, -0.25) is 9.36 Å². The van der Waals surface area contributed by atoms with Gasteiger partial charge in [0.15, 0.2) is 10.7 Å². The largest absolute Gasteiger partial charge is 0.496 e. The Morgan fingerprint density at radius 1 is 1.12 bits per heavy atom. The molecule has 0 saturated carbocycles. The highest BCUT2D eigenvalue weighted by atomic mass is 32.1. The van der Waals surface area contributed by atoms with E-state index in [-0.39, 0.29) is 12.2 Å². The molecule has 0 radical (unpaired) electrons. The van der Waals surface area contributed by atoms with Crippen LogP contribution in [-0.2, 0) is 9.53 Å². The molecule has 2 aromatic carbocycles. The van der Waals surface area contributed by atoms with Crippen LogP contribution >= 0.6 is 11.3 Å². The molecule has 4 heterocycles. The van der Waals surface area contributed by atoms with E-state index in [1.54, 1.807) is 24.7 Å². The number of hydrogen-bond acceptors (Lipinski definition) is 8. The molecule has 2 aromatic heterocycles. The van der Waals surface area contributed by atoms with Crippen LogP contribution < -0.4 is 24.5 Å². The van der Waals surface area contributed by atoms with Crippen LogP contribution in [0.25, 0.3) is 16.8 Å². The number of ether oxygens (including phenoxy) is 2. The Hall–Kier alpha value is -4.11. The van der Waals surface area contributed by atoms with E-state index in [0.29, 0.717) is 38.5 Å². The summed E-state index contributed by atoms with van der Waals surface area (Å²) in [6.45, 7) is 8.24. The number of nitrogens with zero attached hydrogens (tertiary/aromatic N) is 3. The molecule has 0 bridgehead atoms. The van der Waals surface area contributed by atoms with Crippen molar-refractivity contribution in [1.82, 2.24) is 4.57 Å². The number of rotatable bonds is 8. The van der Waals surface area contributed by atoms with E-state index in [9.17, 15) is 9.59 Å². The summed E-state index contributed by atoms with van der Waals surface area (Å²) in [5, 5.41) is 1.88. The number of piperidine rings is 1. The fourth-order valence-corrected chi connectivity index (χ4v) is 7.08. The van der Waals surface area contributed by atoms with Gasteiger partial charge in [0.1, 0.15) is 17.6 Å².